The number of imidazole rings is 1. The van der Waals surface area contributed by atoms with Gasteiger partial charge in [0.25, 0.3) is 5.95 Å². The fraction of sp³-hybridized carbons (Fsp3) is 0.600. The van der Waals surface area contributed by atoms with E-state index >= 15 is 0 Å². The van der Waals surface area contributed by atoms with Gasteiger partial charge in [-0.15, -0.1) is 0 Å². The topological polar surface area (TPSA) is 143 Å². The summed E-state index contributed by atoms with van der Waals surface area (Å²) < 4.78 is 8.94. The first-order valence-electron chi connectivity index (χ1n) is 10.5. The average Bonchev–Trinajstić information content (AvgIpc) is 3.40. The molecule has 0 saturated carbocycles. The van der Waals surface area contributed by atoms with Crippen molar-refractivity contribution in [3.8, 4) is 5.95 Å². The Labute approximate surface area is 179 Å². The number of rotatable bonds is 7. The second-order valence-corrected chi connectivity index (χ2v) is 7.84. The maximum Gasteiger partial charge on any atom is 0.254 e. The Morgan fingerprint density at radius 3 is 2.61 bits per heavy atom. The van der Waals surface area contributed by atoms with Gasteiger partial charge in [0.05, 0.1) is 18.6 Å². The molecule has 4 atom stereocenters. The Balaban J connectivity index is 1.82. The van der Waals surface area contributed by atoms with E-state index in [1.807, 2.05) is 13.8 Å². The molecule has 168 valence electrons. The quantitative estimate of drug-likeness (QED) is 0.423. The van der Waals surface area contributed by atoms with Crippen molar-refractivity contribution in [1.82, 2.24) is 29.3 Å². The Hall–Kier alpha value is -2.60. The van der Waals surface area contributed by atoms with Crippen molar-refractivity contribution < 1.29 is 20.1 Å². The molecular weight excluding hydrogens is 402 g/mol. The lowest BCUT2D eigenvalue weighted by Gasteiger charge is -2.17. The van der Waals surface area contributed by atoms with Gasteiger partial charge in [0.1, 0.15) is 18.3 Å². The zero-order valence-electron chi connectivity index (χ0n) is 18.1. The van der Waals surface area contributed by atoms with Crippen LogP contribution in [0.1, 0.15) is 42.9 Å². The van der Waals surface area contributed by atoms with E-state index in [2.05, 4.69) is 32.3 Å². The zero-order valence-corrected chi connectivity index (χ0v) is 18.1. The molecule has 0 radical (unpaired) electrons. The molecule has 1 fully saturated rings. The molecule has 11 nitrogen and oxygen atoms in total. The Morgan fingerprint density at radius 1 is 1.19 bits per heavy atom. The molecule has 1 saturated heterocycles. The summed E-state index contributed by atoms with van der Waals surface area (Å²) in [4.78, 5) is 13.7. The van der Waals surface area contributed by atoms with Crippen LogP contribution in [0.3, 0.4) is 0 Å². The van der Waals surface area contributed by atoms with Gasteiger partial charge in [0, 0.05) is 12.7 Å². The van der Waals surface area contributed by atoms with Gasteiger partial charge in [0.2, 0.25) is 0 Å². The van der Waals surface area contributed by atoms with Crippen LogP contribution in [-0.2, 0) is 11.2 Å². The number of unbranched alkanes of at least 4 members (excludes halogenated alkanes) is 1. The lowest BCUT2D eigenvalue weighted by atomic mass is 10.1. The summed E-state index contributed by atoms with van der Waals surface area (Å²) in [5, 5.41) is 37.7. The molecule has 0 aliphatic carbocycles. The van der Waals surface area contributed by atoms with Crippen LogP contribution in [0.5, 0.6) is 0 Å². The van der Waals surface area contributed by atoms with E-state index < -0.39 is 31.1 Å². The molecule has 4 heterocycles. The number of hydrogen-bond acceptors (Lipinski definition) is 9. The van der Waals surface area contributed by atoms with E-state index in [1.54, 1.807) is 16.3 Å². The number of anilines is 1. The number of aryl methyl sites for hydroxylation is 1. The van der Waals surface area contributed by atoms with Crippen molar-refractivity contribution in [2.24, 2.45) is 0 Å². The lowest BCUT2D eigenvalue weighted by Crippen LogP contribution is -2.33. The molecular formula is C20H29N7O4. The molecule has 31 heavy (non-hydrogen) atoms. The highest BCUT2D eigenvalue weighted by Crippen LogP contribution is 2.32. The van der Waals surface area contributed by atoms with Gasteiger partial charge in [-0.25, -0.2) is 9.67 Å². The largest absolute Gasteiger partial charge is 0.394 e. The fourth-order valence-corrected chi connectivity index (χ4v) is 4.06. The maximum atomic E-state index is 10.5. The molecule has 3 aromatic rings. The minimum absolute atomic E-state index is 0.369. The fourth-order valence-electron chi connectivity index (χ4n) is 4.06. The van der Waals surface area contributed by atoms with Crippen LogP contribution < -0.4 is 5.32 Å². The molecule has 0 bridgehead atoms. The standard InChI is InChI=1S/C20H29N7O4/c1-5-6-7-12-10(2)25-27(11(12)3)20-23-17(21-4)14-18(24-20)26(9-22-14)19-16(30)15(29)13(8-28)31-19/h9,13,15-16,19,28-30H,5-8H2,1-4H3,(H,21,23,24)/t13-,15-,16-,19-/m1/s1. The average molecular weight is 431 g/mol. The third kappa shape index (κ3) is 3.57. The first kappa shape index (κ1) is 21.6. The second-order valence-electron chi connectivity index (χ2n) is 7.84. The predicted molar refractivity (Wildman–Crippen MR) is 113 cm³/mol. The molecule has 0 amide bonds. The molecule has 0 aromatic carbocycles. The minimum Gasteiger partial charge on any atom is -0.394 e. The molecule has 0 spiro atoms. The summed E-state index contributed by atoms with van der Waals surface area (Å²) >= 11 is 0. The third-order valence-corrected chi connectivity index (χ3v) is 5.85. The number of aliphatic hydroxyl groups excluding tert-OH is 3. The number of ether oxygens (including phenoxy) is 1. The van der Waals surface area contributed by atoms with Gasteiger partial charge in [-0.05, 0) is 32.3 Å². The predicted octanol–water partition coefficient (Wildman–Crippen LogP) is 0.625. The van der Waals surface area contributed by atoms with E-state index in [0.717, 1.165) is 30.7 Å². The van der Waals surface area contributed by atoms with Crippen LogP contribution in [0.15, 0.2) is 6.33 Å². The van der Waals surface area contributed by atoms with Crippen LogP contribution in [0.2, 0.25) is 0 Å². The molecule has 4 rings (SSSR count). The Bertz CT molecular complexity index is 1080. The van der Waals surface area contributed by atoms with Crippen LogP contribution in [0.4, 0.5) is 5.82 Å². The van der Waals surface area contributed by atoms with Crippen molar-refractivity contribution in [1.29, 1.82) is 0 Å². The van der Waals surface area contributed by atoms with Crippen LogP contribution >= 0.6 is 0 Å². The highest BCUT2D eigenvalue weighted by Gasteiger charge is 2.44. The van der Waals surface area contributed by atoms with Crippen LogP contribution in [0, 0.1) is 13.8 Å². The summed E-state index contributed by atoms with van der Waals surface area (Å²) in [5.74, 6) is 0.877. The van der Waals surface area contributed by atoms with Crippen LogP contribution in [0.25, 0.3) is 17.1 Å². The van der Waals surface area contributed by atoms with Crippen molar-refractivity contribution in [3.63, 3.8) is 0 Å². The number of fused-ring (bicyclic) bond motifs is 1. The Morgan fingerprint density at radius 2 is 1.97 bits per heavy atom. The number of nitrogens with zero attached hydrogens (tertiary/aromatic N) is 6. The first-order chi connectivity index (χ1) is 14.9. The third-order valence-electron chi connectivity index (χ3n) is 5.85. The monoisotopic (exact) mass is 431 g/mol. The lowest BCUT2D eigenvalue weighted by molar-refractivity contribution is -0.0511. The van der Waals surface area contributed by atoms with Crippen molar-refractivity contribution in [3.05, 3.63) is 23.3 Å². The number of aromatic nitrogens is 6. The molecule has 1 aliphatic heterocycles. The highest BCUT2D eigenvalue weighted by molar-refractivity contribution is 5.83. The van der Waals surface area contributed by atoms with Crippen molar-refractivity contribution in [2.75, 3.05) is 19.0 Å². The summed E-state index contributed by atoms with van der Waals surface area (Å²) in [6, 6.07) is 0. The summed E-state index contributed by atoms with van der Waals surface area (Å²) in [6.45, 7) is 5.73. The van der Waals surface area contributed by atoms with Gasteiger partial charge in [0.15, 0.2) is 23.2 Å². The molecule has 11 heteroatoms. The Kier molecular flexibility index (Phi) is 5.93. The van der Waals surface area contributed by atoms with E-state index in [1.165, 1.54) is 11.9 Å². The highest BCUT2D eigenvalue weighted by atomic mass is 16.6. The molecule has 4 N–H and O–H groups in total. The van der Waals surface area contributed by atoms with E-state index in [-0.39, 0.29) is 0 Å². The van der Waals surface area contributed by atoms with Gasteiger partial charge in [-0.3, -0.25) is 4.57 Å². The molecule has 3 aromatic heterocycles. The number of hydrogen-bond donors (Lipinski definition) is 4. The smallest absolute Gasteiger partial charge is 0.254 e. The summed E-state index contributed by atoms with van der Waals surface area (Å²) in [5.41, 5.74) is 4.03. The maximum absolute atomic E-state index is 10.5. The zero-order chi connectivity index (χ0) is 22.3. The van der Waals surface area contributed by atoms with Gasteiger partial charge in [-0.1, -0.05) is 13.3 Å². The minimum atomic E-state index is -1.24. The van der Waals surface area contributed by atoms with Gasteiger partial charge >= 0.3 is 0 Å². The summed E-state index contributed by atoms with van der Waals surface area (Å²) in [7, 11) is 1.74. The first-order valence-corrected chi connectivity index (χ1v) is 10.5. The second kappa shape index (κ2) is 8.50. The number of aliphatic hydroxyl groups is 3. The van der Waals surface area contributed by atoms with E-state index in [4.69, 9.17) is 4.74 Å². The van der Waals surface area contributed by atoms with E-state index in [9.17, 15) is 15.3 Å². The van der Waals surface area contributed by atoms with Crippen LogP contribution in [-0.4, -0.2) is 76.6 Å². The van der Waals surface area contributed by atoms with Crippen molar-refractivity contribution >= 4 is 17.0 Å². The van der Waals surface area contributed by atoms with Gasteiger partial charge < -0.3 is 25.4 Å². The molecule has 1 aliphatic rings. The molecule has 0 unspecified atom stereocenters. The van der Waals surface area contributed by atoms with Crippen molar-refractivity contribution in [2.45, 2.75) is 64.6 Å². The van der Waals surface area contributed by atoms with E-state index in [0.29, 0.717) is 22.9 Å². The summed E-state index contributed by atoms with van der Waals surface area (Å²) in [6.07, 6.45) is 0.320. The normalized spacial score (nSPS) is 23.7. The van der Waals surface area contributed by atoms with Gasteiger partial charge in [-0.2, -0.15) is 15.1 Å². The number of nitrogens with one attached hydrogen (secondary N) is 1. The SMILES string of the molecule is CCCCc1c(C)nn(-c2nc(NC)c3ncn([C@@H]4O[C@H](CO)[C@@H](O)[C@H]4O)c3n2)c1C.